The molecule has 0 amide bonds. The predicted molar refractivity (Wildman–Crippen MR) is 111 cm³/mol. The van der Waals surface area contributed by atoms with Gasteiger partial charge in [-0.05, 0) is 61.3 Å². The summed E-state index contributed by atoms with van der Waals surface area (Å²) in [6, 6.07) is 13.2. The van der Waals surface area contributed by atoms with Crippen molar-refractivity contribution in [3.8, 4) is 11.5 Å². The lowest BCUT2D eigenvalue weighted by atomic mass is 9.88. The number of likely N-dealkylation sites (N-methyl/N-ethyl adjacent to an activating group) is 1. The minimum atomic E-state index is 0.153. The summed E-state index contributed by atoms with van der Waals surface area (Å²) in [6.45, 7) is 6.99. The maximum atomic E-state index is 5.92. The summed E-state index contributed by atoms with van der Waals surface area (Å²) >= 11 is 0. The molecule has 0 saturated carbocycles. The van der Waals surface area contributed by atoms with E-state index in [4.69, 9.17) is 9.47 Å². The van der Waals surface area contributed by atoms with Crippen molar-refractivity contribution in [3.05, 3.63) is 58.7 Å². The van der Waals surface area contributed by atoms with Crippen LogP contribution in [0.3, 0.4) is 0 Å². The van der Waals surface area contributed by atoms with Crippen LogP contribution in [-0.2, 0) is 6.42 Å². The topological polar surface area (TPSA) is 33.7 Å². The molecule has 2 aromatic rings. The Kier molecular flexibility index (Phi) is 6.40. The molecule has 1 heterocycles. The van der Waals surface area contributed by atoms with Crippen LogP contribution in [0.4, 0.5) is 0 Å². The van der Waals surface area contributed by atoms with E-state index in [1.165, 1.54) is 22.3 Å². The van der Waals surface area contributed by atoms with Crippen molar-refractivity contribution in [1.29, 1.82) is 0 Å². The zero-order valence-electron chi connectivity index (χ0n) is 17.2. The van der Waals surface area contributed by atoms with Gasteiger partial charge in [-0.15, -0.1) is 0 Å². The Morgan fingerprint density at radius 1 is 1.11 bits per heavy atom. The predicted octanol–water partition coefficient (Wildman–Crippen LogP) is 3.99. The van der Waals surface area contributed by atoms with Crippen LogP contribution in [0, 0.1) is 0 Å². The van der Waals surface area contributed by atoms with Crippen LogP contribution in [0.25, 0.3) is 0 Å². The van der Waals surface area contributed by atoms with Crippen molar-refractivity contribution in [2.24, 2.45) is 0 Å². The minimum absolute atomic E-state index is 0.153. The van der Waals surface area contributed by atoms with E-state index in [9.17, 15) is 0 Å². The maximum absolute atomic E-state index is 5.92. The van der Waals surface area contributed by atoms with Gasteiger partial charge in [0.25, 0.3) is 0 Å². The number of fused-ring (bicyclic) bond motifs is 1. The normalized spacial score (nSPS) is 16.5. The lowest BCUT2D eigenvalue weighted by molar-refractivity contribution is 0.261. The molecule has 0 aromatic heterocycles. The van der Waals surface area contributed by atoms with Crippen molar-refractivity contribution < 1.29 is 9.47 Å². The fourth-order valence-electron chi connectivity index (χ4n) is 3.58. The molecule has 0 fully saturated rings. The highest BCUT2D eigenvalue weighted by Gasteiger charge is 2.24. The molecule has 4 heteroatoms. The molecule has 1 aliphatic heterocycles. The van der Waals surface area contributed by atoms with E-state index in [-0.39, 0.29) is 6.04 Å². The van der Waals surface area contributed by atoms with Crippen LogP contribution in [0.5, 0.6) is 11.5 Å². The highest BCUT2D eigenvalue weighted by Crippen LogP contribution is 2.36. The van der Waals surface area contributed by atoms with Crippen LogP contribution >= 0.6 is 0 Å². The summed E-state index contributed by atoms with van der Waals surface area (Å²) in [5.74, 6) is 2.40. The first kappa shape index (κ1) is 19.7. The average molecular weight is 369 g/mol. The molecule has 2 aromatic carbocycles. The summed E-state index contributed by atoms with van der Waals surface area (Å²) in [7, 11) is 5.88. The Bertz CT molecular complexity index is 771. The van der Waals surface area contributed by atoms with E-state index in [0.717, 1.165) is 31.0 Å². The Hall–Kier alpha value is -2.04. The quantitative estimate of drug-likeness (QED) is 0.801. The van der Waals surface area contributed by atoms with Gasteiger partial charge in [0, 0.05) is 18.7 Å². The van der Waals surface area contributed by atoms with Crippen molar-refractivity contribution >= 4 is 0 Å². The van der Waals surface area contributed by atoms with Gasteiger partial charge in [0.1, 0.15) is 18.1 Å². The van der Waals surface area contributed by atoms with E-state index in [1.54, 1.807) is 7.11 Å². The Morgan fingerprint density at radius 3 is 2.59 bits per heavy atom. The van der Waals surface area contributed by atoms with Crippen LogP contribution < -0.4 is 14.8 Å². The zero-order chi connectivity index (χ0) is 19.4. The van der Waals surface area contributed by atoms with Crippen LogP contribution in [0.15, 0.2) is 36.4 Å². The summed E-state index contributed by atoms with van der Waals surface area (Å²) in [6.07, 6.45) is 1.02. The fourth-order valence-corrected chi connectivity index (χ4v) is 3.58. The van der Waals surface area contributed by atoms with Gasteiger partial charge in [0.2, 0.25) is 0 Å². The summed E-state index contributed by atoms with van der Waals surface area (Å²) < 4.78 is 11.7. The molecule has 146 valence electrons. The maximum Gasteiger partial charge on any atom is 0.124 e. The second-order valence-corrected chi connectivity index (χ2v) is 7.81. The molecule has 3 rings (SSSR count). The lowest BCUT2D eigenvalue weighted by Crippen LogP contribution is -2.31. The summed E-state index contributed by atoms with van der Waals surface area (Å²) in [4.78, 5) is 2.13. The second-order valence-electron chi connectivity index (χ2n) is 7.81. The second kappa shape index (κ2) is 8.77. The molecule has 0 saturated heterocycles. The molecule has 1 atom stereocenters. The van der Waals surface area contributed by atoms with Crippen LogP contribution in [0.2, 0.25) is 0 Å². The molecule has 1 unspecified atom stereocenters. The zero-order valence-corrected chi connectivity index (χ0v) is 17.2. The van der Waals surface area contributed by atoms with Gasteiger partial charge in [-0.25, -0.2) is 0 Å². The first-order chi connectivity index (χ1) is 13.0. The van der Waals surface area contributed by atoms with E-state index < -0.39 is 0 Å². The first-order valence-corrected chi connectivity index (χ1v) is 9.81. The summed E-state index contributed by atoms with van der Waals surface area (Å²) in [5.41, 5.74) is 5.17. The van der Waals surface area contributed by atoms with E-state index >= 15 is 0 Å². The third-order valence-electron chi connectivity index (χ3n) is 5.21. The van der Waals surface area contributed by atoms with Gasteiger partial charge in [-0.1, -0.05) is 32.0 Å². The number of benzene rings is 2. The third-order valence-corrected chi connectivity index (χ3v) is 5.21. The number of methoxy groups -OCH3 is 1. The van der Waals surface area contributed by atoms with Gasteiger partial charge in [0.15, 0.2) is 0 Å². The van der Waals surface area contributed by atoms with Gasteiger partial charge in [-0.3, -0.25) is 0 Å². The van der Waals surface area contributed by atoms with Crippen molar-refractivity contribution in [2.75, 3.05) is 40.9 Å². The molecule has 1 N–H and O–H groups in total. The number of nitrogens with zero attached hydrogens (tertiary/aromatic N) is 1. The van der Waals surface area contributed by atoms with Crippen LogP contribution in [0.1, 0.15) is 48.1 Å². The van der Waals surface area contributed by atoms with E-state index in [1.807, 2.05) is 0 Å². The van der Waals surface area contributed by atoms with Gasteiger partial charge >= 0.3 is 0 Å². The number of ether oxygens (including phenoxy) is 2. The standard InChI is InChI=1S/C23H32N2O2/c1-16(2)17-6-8-21(22(15-17)26-5)23-20-9-7-19(27-13-12-25(3)4)14-18(20)10-11-24-23/h6-9,14-16,23-24H,10-13H2,1-5H3. The Balaban J connectivity index is 1.86. The summed E-state index contributed by atoms with van der Waals surface area (Å²) in [5, 5.41) is 3.67. The highest BCUT2D eigenvalue weighted by molar-refractivity contribution is 5.49. The van der Waals surface area contributed by atoms with Crippen LogP contribution in [-0.4, -0.2) is 45.8 Å². The van der Waals surface area contributed by atoms with Crippen molar-refractivity contribution in [1.82, 2.24) is 10.2 Å². The number of hydrogen-bond acceptors (Lipinski definition) is 4. The fraction of sp³-hybridized carbons (Fsp3) is 0.478. The molecular weight excluding hydrogens is 336 g/mol. The van der Waals surface area contributed by atoms with Gasteiger partial charge in [0.05, 0.1) is 13.2 Å². The van der Waals surface area contributed by atoms with Crippen molar-refractivity contribution in [2.45, 2.75) is 32.2 Å². The minimum Gasteiger partial charge on any atom is -0.496 e. The Morgan fingerprint density at radius 2 is 1.89 bits per heavy atom. The van der Waals surface area contributed by atoms with Gasteiger partial charge in [-0.2, -0.15) is 0 Å². The molecule has 0 radical (unpaired) electrons. The lowest BCUT2D eigenvalue weighted by Gasteiger charge is -2.29. The van der Waals surface area contributed by atoms with E-state index in [0.29, 0.717) is 12.5 Å². The molecule has 0 aliphatic carbocycles. The molecule has 27 heavy (non-hydrogen) atoms. The molecule has 4 nitrogen and oxygen atoms in total. The monoisotopic (exact) mass is 368 g/mol. The SMILES string of the molecule is COc1cc(C(C)C)ccc1C1NCCc2cc(OCCN(C)C)ccc21. The molecular formula is C23H32N2O2. The van der Waals surface area contributed by atoms with E-state index in [2.05, 4.69) is 74.6 Å². The first-order valence-electron chi connectivity index (χ1n) is 9.81. The van der Waals surface area contributed by atoms with Crippen molar-refractivity contribution in [3.63, 3.8) is 0 Å². The third kappa shape index (κ3) is 4.63. The molecule has 1 aliphatic rings. The smallest absolute Gasteiger partial charge is 0.124 e. The Labute approximate surface area is 163 Å². The average Bonchev–Trinajstić information content (AvgIpc) is 2.66. The number of nitrogens with one attached hydrogen (secondary N) is 1. The number of rotatable bonds is 7. The highest BCUT2D eigenvalue weighted by atomic mass is 16.5. The molecule has 0 bridgehead atoms. The largest absolute Gasteiger partial charge is 0.496 e. The number of hydrogen-bond donors (Lipinski definition) is 1. The molecule has 0 spiro atoms. The van der Waals surface area contributed by atoms with Gasteiger partial charge < -0.3 is 19.7 Å².